The summed E-state index contributed by atoms with van der Waals surface area (Å²) in [6, 6.07) is 23.4. The van der Waals surface area contributed by atoms with Gasteiger partial charge in [0.15, 0.2) is 6.54 Å². The maximum absolute atomic E-state index is 11.3. The number of rotatable bonds is 6. The Labute approximate surface area is 202 Å². The van der Waals surface area contributed by atoms with Crippen molar-refractivity contribution in [3.8, 4) is 0 Å². The van der Waals surface area contributed by atoms with Crippen LogP contribution in [-0.2, 0) is 16.7 Å². The van der Waals surface area contributed by atoms with E-state index < -0.39 is 10.1 Å². The molecule has 1 aromatic heterocycles. The van der Waals surface area contributed by atoms with Gasteiger partial charge in [-0.2, -0.15) is 13.0 Å². The molecule has 4 aromatic rings. The zero-order valence-corrected chi connectivity index (χ0v) is 20.7. The van der Waals surface area contributed by atoms with Crippen LogP contribution in [0.4, 0.5) is 0 Å². The molecular weight excluding hydrogens is 472 g/mol. The predicted octanol–water partition coefficient (Wildman–Crippen LogP) is 5.34. The number of benzene rings is 3. The first-order valence-electron chi connectivity index (χ1n) is 10.8. The van der Waals surface area contributed by atoms with E-state index in [2.05, 4.69) is 71.1 Å². The van der Waals surface area contributed by atoms with Gasteiger partial charge in [-0.3, -0.25) is 4.55 Å². The van der Waals surface area contributed by atoms with Gasteiger partial charge < -0.3 is 4.90 Å². The van der Waals surface area contributed by atoms with Gasteiger partial charge in [0.1, 0.15) is 4.70 Å². The van der Waals surface area contributed by atoms with Crippen molar-refractivity contribution in [2.45, 2.75) is 19.0 Å². The molecular formula is C25H25N2O3S3+. The summed E-state index contributed by atoms with van der Waals surface area (Å²) in [7, 11) is -1.86. The second-order valence-electron chi connectivity index (χ2n) is 8.20. The standard InChI is InChI=1S/C25H24N2O3S3/c1-26-21(19-9-3-2-4-10-19)17-31-23(26)16-24-27(14-7-15-33(28,29)30)25-20-11-6-5-8-18(20)12-13-22(25)32-24/h2-6,8-13,16,21H,7,14-15,17H2,1H3/p+1. The van der Waals surface area contributed by atoms with E-state index in [-0.39, 0.29) is 5.75 Å². The minimum atomic E-state index is -3.99. The summed E-state index contributed by atoms with van der Waals surface area (Å²) in [6.07, 6.45) is 2.57. The summed E-state index contributed by atoms with van der Waals surface area (Å²) in [5.74, 6) is 0.742. The molecule has 170 valence electrons. The number of aromatic nitrogens is 1. The summed E-state index contributed by atoms with van der Waals surface area (Å²) < 4.78 is 35.3. The Morgan fingerprint density at radius 2 is 1.85 bits per heavy atom. The van der Waals surface area contributed by atoms with Gasteiger partial charge in [-0.15, -0.1) is 11.8 Å². The van der Waals surface area contributed by atoms with E-state index in [0.29, 0.717) is 19.0 Å². The SMILES string of the molecule is CN1C(=Cc2sc3ccc4ccccc4c3[n+]2CCCS(=O)(=O)O)SCC1c1ccccc1. The van der Waals surface area contributed by atoms with Crippen LogP contribution in [0, 0.1) is 0 Å². The lowest BCUT2D eigenvalue weighted by Gasteiger charge is -2.21. The van der Waals surface area contributed by atoms with Crippen LogP contribution in [0.15, 0.2) is 71.8 Å². The molecule has 5 rings (SSSR count). The average molecular weight is 498 g/mol. The largest absolute Gasteiger partial charge is 0.361 e. The highest BCUT2D eigenvalue weighted by Crippen LogP contribution is 2.41. The first-order chi connectivity index (χ1) is 15.9. The Hall–Kier alpha value is -2.39. The number of thiazole rings is 1. The molecule has 0 amide bonds. The number of thioether (sulfide) groups is 1. The van der Waals surface area contributed by atoms with Gasteiger partial charge in [-0.05, 0) is 23.1 Å². The molecule has 3 aromatic carbocycles. The fourth-order valence-corrected chi connectivity index (χ4v) is 7.36. The van der Waals surface area contributed by atoms with E-state index in [0.717, 1.165) is 31.7 Å². The van der Waals surface area contributed by atoms with Crippen molar-refractivity contribution < 1.29 is 17.5 Å². The number of hydrogen-bond acceptors (Lipinski definition) is 5. The van der Waals surface area contributed by atoms with Crippen LogP contribution in [0.3, 0.4) is 0 Å². The lowest BCUT2D eigenvalue weighted by atomic mass is 10.1. The minimum absolute atomic E-state index is 0.247. The Kier molecular flexibility index (Phi) is 6.18. The van der Waals surface area contributed by atoms with Gasteiger partial charge in [-0.1, -0.05) is 65.9 Å². The smallest absolute Gasteiger partial charge is 0.265 e. The van der Waals surface area contributed by atoms with Crippen LogP contribution in [0.2, 0.25) is 0 Å². The number of fused-ring (bicyclic) bond motifs is 3. The molecule has 5 nitrogen and oxygen atoms in total. The van der Waals surface area contributed by atoms with Crippen molar-refractivity contribution in [3.05, 3.63) is 82.3 Å². The lowest BCUT2D eigenvalue weighted by Crippen LogP contribution is -2.36. The van der Waals surface area contributed by atoms with Gasteiger partial charge in [0.05, 0.1) is 28.3 Å². The van der Waals surface area contributed by atoms with Crippen molar-refractivity contribution in [1.29, 1.82) is 0 Å². The third-order valence-corrected chi connectivity index (χ3v) is 9.12. The quantitative estimate of drug-likeness (QED) is 0.288. The Morgan fingerprint density at radius 1 is 1.09 bits per heavy atom. The second kappa shape index (κ2) is 9.10. The number of aryl methyl sites for hydroxylation is 1. The molecule has 0 aliphatic carbocycles. The molecule has 0 saturated carbocycles. The van der Waals surface area contributed by atoms with Crippen molar-refractivity contribution in [3.63, 3.8) is 0 Å². The zero-order chi connectivity index (χ0) is 23.0. The highest BCUT2D eigenvalue weighted by atomic mass is 32.2. The van der Waals surface area contributed by atoms with Crippen molar-refractivity contribution in [1.82, 2.24) is 4.90 Å². The van der Waals surface area contributed by atoms with Gasteiger partial charge in [0.25, 0.3) is 15.1 Å². The average Bonchev–Trinajstić information content (AvgIpc) is 3.34. The topological polar surface area (TPSA) is 61.5 Å². The van der Waals surface area contributed by atoms with E-state index in [1.807, 2.05) is 30.0 Å². The molecule has 1 saturated heterocycles. The van der Waals surface area contributed by atoms with Crippen molar-refractivity contribution >= 4 is 60.3 Å². The molecule has 0 spiro atoms. The summed E-state index contributed by atoms with van der Waals surface area (Å²) in [6.45, 7) is 0.517. The molecule has 1 aliphatic heterocycles. The molecule has 0 radical (unpaired) electrons. The van der Waals surface area contributed by atoms with Crippen LogP contribution < -0.4 is 4.57 Å². The predicted molar refractivity (Wildman–Crippen MR) is 138 cm³/mol. The van der Waals surface area contributed by atoms with Crippen LogP contribution in [0.1, 0.15) is 23.0 Å². The highest BCUT2D eigenvalue weighted by molar-refractivity contribution is 8.03. The van der Waals surface area contributed by atoms with E-state index in [4.69, 9.17) is 0 Å². The zero-order valence-electron chi connectivity index (χ0n) is 18.2. The third kappa shape index (κ3) is 4.66. The van der Waals surface area contributed by atoms with Crippen molar-refractivity contribution in [2.75, 3.05) is 18.6 Å². The van der Waals surface area contributed by atoms with E-state index >= 15 is 0 Å². The summed E-state index contributed by atoms with van der Waals surface area (Å²) in [5.41, 5.74) is 2.42. The summed E-state index contributed by atoms with van der Waals surface area (Å²) >= 11 is 3.56. The van der Waals surface area contributed by atoms with Gasteiger partial charge in [-0.25, -0.2) is 0 Å². The summed E-state index contributed by atoms with van der Waals surface area (Å²) in [4.78, 5) is 2.32. The van der Waals surface area contributed by atoms with E-state index in [1.165, 1.54) is 10.6 Å². The maximum Gasteiger partial charge on any atom is 0.265 e. The molecule has 1 unspecified atom stereocenters. The fourth-order valence-electron chi connectivity index (χ4n) is 4.38. The first-order valence-corrected chi connectivity index (χ1v) is 14.2. The molecule has 1 atom stereocenters. The minimum Gasteiger partial charge on any atom is -0.361 e. The number of nitrogens with zero attached hydrogens (tertiary/aromatic N) is 2. The van der Waals surface area contributed by atoms with Crippen LogP contribution in [0.25, 0.3) is 27.1 Å². The maximum atomic E-state index is 11.3. The molecule has 33 heavy (non-hydrogen) atoms. The second-order valence-corrected chi connectivity index (χ2v) is 11.9. The highest BCUT2D eigenvalue weighted by Gasteiger charge is 2.29. The Balaban J connectivity index is 1.57. The normalized spacial score (nSPS) is 18.1. The van der Waals surface area contributed by atoms with E-state index in [1.54, 1.807) is 11.3 Å². The lowest BCUT2D eigenvalue weighted by molar-refractivity contribution is -0.667. The van der Waals surface area contributed by atoms with Crippen LogP contribution >= 0.6 is 23.1 Å². The molecule has 8 heteroatoms. The van der Waals surface area contributed by atoms with Crippen molar-refractivity contribution in [2.24, 2.45) is 0 Å². The summed E-state index contributed by atoms with van der Waals surface area (Å²) in [5, 5.41) is 4.59. The molecule has 0 bridgehead atoms. The molecule has 1 fully saturated rings. The van der Waals surface area contributed by atoms with Gasteiger partial charge in [0.2, 0.25) is 5.52 Å². The van der Waals surface area contributed by atoms with Gasteiger partial charge >= 0.3 is 0 Å². The van der Waals surface area contributed by atoms with Gasteiger partial charge in [0, 0.05) is 19.2 Å². The molecule has 1 N–H and O–H groups in total. The van der Waals surface area contributed by atoms with E-state index in [9.17, 15) is 13.0 Å². The molecule has 2 heterocycles. The van der Waals surface area contributed by atoms with Crippen LogP contribution in [0.5, 0.6) is 0 Å². The Morgan fingerprint density at radius 3 is 2.64 bits per heavy atom. The molecule has 1 aliphatic rings. The monoisotopic (exact) mass is 497 g/mol. The Bertz CT molecular complexity index is 1450. The first kappa shape index (κ1) is 22.4. The fraction of sp³-hybridized carbons (Fsp3) is 0.240. The van der Waals surface area contributed by atoms with Crippen LogP contribution in [-0.4, -0.2) is 36.4 Å². The number of hydrogen-bond donors (Lipinski definition) is 1. The third-order valence-electron chi connectivity index (χ3n) is 6.03.